The standard InChI is InChI=1S/C21H24N2O5S/c1-16-7-5-9-18(13-16)22-29(26,27)19-10-6-8-17(14-19)21(25)28-15-20(24)23-11-3-2-4-12-23/h5-10,13-14,22H,2-4,11-12,15H2,1H3. The first-order chi connectivity index (χ1) is 13.8. The van der Waals surface area contributed by atoms with Crippen LogP contribution in [0.2, 0.25) is 0 Å². The summed E-state index contributed by atoms with van der Waals surface area (Å²) in [6, 6.07) is 12.5. The van der Waals surface area contributed by atoms with E-state index in [4.69, 9.17) is 4.74 Å². The fraction of sp³-hybridized carbons (Fsp3) is 0.333. The average molecular weight is 416 g/mol. The van der Waals surface area contributed by atoms with Crippen LogP contribution in [-0.4, -0.2) is 44.9 Å². The third kappa shape index (κ3) is 5.57. The van der Waals surface area contributed by atoms with Gasteiger partial charge in [-0.05, 0) is 62.1 Å². The molecule has 2 aromatic rings. The van der Waals surface area contributed by atoms with Gasteiger partial charge in [-0.15, -0.1) is 0 Å². The van der Waals surface area contributed by atoms with Crippen molar-refractivity contribution >= 4 is 27.6 Å². The van der Waals surface area contributed by atoms with E-state index < -0.39 is 16.0 Å². The maximum Gasteiger partial charge on any atom is 0.338 e. The van der Waals surface area contributed by atoms with E-state index in [9.17, 15) is 18.0 Å². The number of likely N-dealkylation sites (tertiary alicyclic amines) is 1. The monoisotopic (exact) mass is 416 g/mol. The highest BCUT2D eigenvalue weighted by Gasteiger charge is 2.20. The lowest BCUT2D eigenvalue weighted by atomic mass is 10.1. The third-order valence-electron chi connectivity index (χ3n) is 4.69. The summed E-state index contributed by atoms with van der Waals surface area (Å²) in [7, 11) is -3.87. The zero-order valence-corrected chi connectivity index (χ0v) is 17.1. The molecule has 0 aliphatic carbocycles. The van der Waals surface area contributed by atoms with Gasteiger partial charge in [0.25, 0.3) is 15.9 Å². The van der Waals surface area contributed by atoms with Crippen molar-refractivity contribution in [1.29, 1.82) is 0 Å². The first-order valence-corrected chi connectivity index (χ1v) is 11.0. The first kappa shape index (κ1) is 20.9. The molecule has 0 unspecified atom stereocenters. The van der Waals surface area contributed by atoms with E-state index in [0.717, 1.165) is 24.8 Å². The number of benzene rings is 2. The van der Waals surface area contributed by atoms with Crippen LogP contribution in [0, 0.1) is 6.92 Å². The van der Waals surface area contributed by atoms with Gasteiger partial charge >= 0.3 is 5.97 Å². The van der Waals surface area contributed by atoms with Crippen LogP contribution in [0.25, 0.3) is 0 Å². The smallest absolute Gasteiger partial charge is 0.338 e. The van der Waals surface area contributed by atoms with Gasteiger partial charge in [0.1, 0.15) is 0 Å². The zero-order chi connectivity index (χ0) is 20.9. The normalized spacial score (nSPS) is 14.3. The molecule has 1 saturated heterocycles. The molecule has 0 atom stereocenters. The van der Waals surface area contributed by atoms with E-state index in [1.54, 1.807) is 23.1 Å². The number of hydrogen-bond donors (Lipinski definition) is 1. The van der Waals surface area contributed by atoms with Crippen molar-refractivity contribution in [2.75, 3.05) is 24.4 Å². The summed E-state index contributed by atoms with van der Waals surface area (Å²) in [5.41, 5.74) is 1.43. The predicted molar refractivity (Wildman–Crippen MR) is 109 cm³/mol. The molecule has 8 heteroatoms. The van der Waals surface area contributed by atoms with Gasteiger partial charge in [-0.2, -0.15) is 0 Å². The summed E-state index contributed by atoms with van der Waals surface area (Å²) < 4.78 is 32.9. The van der Waals surface area contributed by atoms with E-state index in [0.29, 0.717) is 18.8 Å². The highest BCUT2D eigenvalue weighted by Crippen LogP contribution is 2.18. The molecule has 2 aromatic carbocycles. The molecule has 1 amide bonds. The Morgan fingerprint density at radius 2 is 1.76 bits per heavy atom. The van der Waals surface area contributed by atoms with Gasteiger partial charge in [-0.1, -0.05) is 18.2 Å². The number of piperidine rings is 1. The van der Waals surface area contributed by atoms with Crippen LogP contribution in [0.3, 0.4) is 0 Å². The van der Waals surface area contributed by atoms with Crippen LogP contribution < -0.4 is 4.72 Å². The van der Waals surface area contributed by atoms with Crippen molar-refractivity contribution in [1.82, 2.24) is 4.90 Å². The molecular formula is C21H24N2O5S. The van der Waals surface area contributed by atoms with E-state index in [-0.39, 0.29) is 23.0 Å². The second kappa shape index (κ2) is 9.09. The highest BCUT2D eigenvalue weighted by atomic mass is 32.2. The van der Waals surface area contributed by atoms with Crippen molar-refractivity contribution in [3.05, 3.63) is 59.7 Å². The molecule has 1 heterocycles. The summed E-state index contributed by atoms with van der Waals surface area (Å²) in [6.45, 7) is 2.86. The number of carbonyl (C=O) groups excluding carboxylic acids is 2. The van der Waals surface area contributed by atoms with Gasteiger partial charge in [0.05, 0.1) is 10.5 Å². The maximum absolute atomic E-state index is 12.6. The minimum absolute atomic E-state index is 0.0594. The van der Waals surface area contributed by atoms with Crippen molar-refractivity contribution in [2.45, 2.75) is 31.1 Å². The van der Waals surface area contributed by atoms with Gasteiger partial charge in [-0.25, -0.2) is 13.2 Å². The molecule has 154 valence electrons. The third-order valence-corrected chi connectivity index (χ3v) is 6.06. The fourth-order valence-corrected chi connectivity index (χ4v) is 4.25. The molecule has 0 bridgehead atoms. The molecule has 0 radical (unpaired) electrons. The first-order valence-electron chi connectivity index (χ1n) is 9.49. The zero-order valence-electron chi connectivity index (χ0n) is 16.3. The van der Waals surface area contributed by atoms with E-state index in [1.165, 1.54) is 24.3 Å². The molecule has 1 N–H and O–H groups in total. The summed E-state index contributed by atoms with van der Waals surface area (Å²) in [6.07, 6.45) is 3.00. The Bertz CT molecular complexity index is 998. The Hall–Kier alpha value is -2.87. The quantitative estimate of drug-likeness (QED) is 0.731. The van der Waals surface area contributed by atoms with Crippen molar-refractivity contribution in [2.24, 2.45) is 0 Å². The molecule has 1 aliphatic rings. The number of esters is 1. The van der Waals surface area contributed by atoms with Gasteiger partial charge in [-0.3, -0.25) is 9.52 Å². The van der Waals surface area contributed by atoms with E-state index in [1.807, 2.05) is 13.0 Å². The summed E-state index contributed by atoms with van der Waals surface area (Å²) in [4.78, 5) is 26.1. The minimum atomic E-state index is -3.87. The van der Waals surface area contributed by atoms with Gasteiger partial charge in [0.15, 0.2) is 6.61 Å². The van der Waals surface area contributed by atoms with Crippen LogP contribution in [0.1, 0.15) is 35.2 Å². The molecule has 3 rings (SSSR count). The number of hydrogen-bond acceptors (Lipinski definition) is 5. The number of nitrogens with one attached hydrogen (secondary N) is 1. The molecule has 1 aliphatic heterocycles. The lowest BCUT2D eigenvalue weighted by Crippen LogP contribution is -2.38. The molecule has 7 nitrogen and oxygen atoms in total. The second-order valence-electron chi connectivity index (χ2n) is 7.02. The minimum Gasteiger partial charge on any atom is -0.452 e. The van der Waals surface area contributed by atoms with E-state index >= 15 is 0 Å². The molecule has 0 spiro atoms. The van der Waals surface area contributed by atoms with Gasteiger partial charge in [0.2, 0.25) is 0 Å². The van der Waals surface area contributed by atoms with Crippen LogP contribution >= 0.6 is 0 Å². The lowest BCUT2D eigenvalue weighted by molar-refractivity contribution is -0.135. The van der Waals surface area contributed by atoms with Gasteiger partial charge < -0.3 is 9.64 Å². The van der Waals surface area contributed by atoms with Crippen LogP contribution in [0.5, 0.6) is 0 Å². The van der Waals surface area contributed by atoms with Crippen molar-refractivity contribution < 1.29 is 22.7 Å². The summed E-state index contributed by atoms with van der Waals surface area (Å²) in [5.74, 6) is -0.967. The molecular weight excluding hydrogens is 392 g/mol. The van der Waals surface area contributed by atoms with Crippen LogP contribution in [-0.2, 0) is 19.6 Å². The highest BCUT2D eigenvalue weighted by molar-refractivity contribution is 7.92. The Morgan fingerprint density at radius 1 is 1.03 bits per heavy atom. The Morgan fingerprint density at radius 3 is 2.48 bits per heavy atom. The maximum atomic E-state index is 12.6. The fourth-order valence-electron chi connectivity index (χ4n) is 3.16. The summed E-state index contributed by atoms with van der Waals surface area (Å²) in [5, 5.41) is 0. The van der Waals surface area contributed by atoms with Crippen molar-refractivity contribution in [3.8, 4) is 0 Å². The average Bonchev–Trinajstić information content (AvgIpc) is 2.72. The number of anilines is 1. The summed E-state index contributed by atoms with van der Waals surface area (Å²) >= 11 is 0. The molecule has 1 fully saturated rings. The number of nitrogens with zero attached hydrogens (tertiary/aromatic N) is 1. The largest absolute Gasteiger partial charge is 0.452 e. The van der Waals surface area contributed by atoms with Crippen LogP contribution in [0.4, 0.5) is 5.69 Å². The van der Waals surface area contributed by atoms with Gasteiger partial charge in [0, 0.05) is 18.8 Å². The predicted octanol–water partition coefficient (Wildman–Crippen LogP) is 2.97. The van der Waals surface area contributed by atoms with Crippen LogP contribution in [0.15, 0.2) is 53.4 Å². The van der Waals surface area contributed by atoms with Crippen molar-refractivity contribution in [3.63, 3.8) is 0 Å². The lowest BCUT2D eigenvalue weighted by Gasteiger charge is -2.26. The number of aryl methyl sites for hydroxylation is 1. The Kier molecular flexibility index (Phi) is 6.53. The number of ether oxygens (including phenoxy) is 1. The molecule has 29 heavy (non-hydrogen) atoms. The second-order valence-corrected chi connectivity index (χ2v) is 8.70. The number of rotatable bonds is 6. The number of carbonyl (C=O) groups is 2. The Balaban J connectivity index is 1.66. The number of amides is 1. The topological polar surface area (TPSA) is 92.8 Å². The SMILES string of the molecule is Cc1cccc(NS(=O)(=O)c2cccc(C(=O)OCC(=O)N3CCCCC3)c2)c1. The molecule has 0 saturated carbocycles. The Labute approximate surface area is 170 Å². The molecule has 0 aromatic heterocycles. The van der Waals surface area contributed by atoms with E-state index in [2.05, 4.69) is 4.72 Å². The number of sulfonamides is 1.